The molecule has 1 saturated heterocycles. The minimum absolute atomic E-state index is 0.0601. The summed E-state index contributed by atoms with van der Waals surface area (Å²) in [6, 6.07) is 20.2. The topological polar surface area (TPSA) is 38.1 Å². The third-order valence-electron chi connectivity index (χ3n) is 7.02. The van der Waals surface area contributed by atoms with Crippen molar-refractivity contribution in [1.82, 2.24) is 14.5 Å². The van der Waals surface area contributed by atoms with Gasteiger partial charge in [-0.25, -0.2) is 9.37 Å². The first-order chi connectivity index (χ1) is 16.5. The number of rotatable bonds is 5. The van der Waals surface area contributed by atoms with E-state index in [4.69, 9.17) is 4.98 Å². The molecule has 1 aliphatic rings. The number of aryl methyl sites for hydroxylation is 1. The molecule has 1 aliphatic heterocycles. The van der Waals surface area contributed by atoms with E-state index in [0.29, 0.717) is 40.3 Å². The molecule has 0 aliphatic carbocycles. The van der Waals surface area contributed by atoms with Gasteiger partial charge in [0.15, 0.2) is 0 Å². The van der Waals surface area contributed by atoms with Crippen LogP contribution in [0.15, 0.2) is 71.5 Å². The molecule has 0 saturated carbocycles. The average molecular weight is 456 g/mol. The molecule has 4 aromatic rings. The normalized spacial score (nSPS) is 16.7. The Labute approximate surface area is 199 Å². The Kier molecular flexibility index (Phi) is 6.29. The van der Waals surface area contributed by atoms with Gasteiger partial charge in [-0.1, -0.05) is 55.5 Å². The fourth-order valence-electron chi connectivity index (χ4n) is 5.13. The molecule has 0 radical (unpaired) electrons. The summed E-state index contributed by atoms with van der Waals surface area (Å²) in [6.07, 6.45) is 2.24. The van der Waals surface area contributed by atoms with Crippen molar-refractivity contribution in [2.45, 2.75) is 33.2 Å². The molecule has 4 nitrogen and oxygen atoms in total. The van der Waals surface area contributed by atoms with Crippen LogP contribution >= 0.6 is 0 Å². The van der Waals surface area contributed by atoms with E-state index in [-0.39, 0.29) is 11.4 Å². The molecule has 174 valence electrons. The molecule has 0 unspecified atom stereocenters. The summed E-state index contributed by atoms with van der Waals surface area (Å²) in [5.74, 6) is 0.805. The van der Waals surface area contributed by atoms with Crippen molar-refractivity contribution >= 4 is 10.9 Å². The summed E-state index contributed by atoms with van der Waals surface area (Å²) in [6.45, 7) is 8.01. The molecule has 0 amide bonds. The lowest BCUT2D eigenvalue weighted by molar-refractivity contribution is 0.169. The van der Waals surface area contributed by atoms with Crippen molar-refractivity contribution in [3.8, 4) is 22.5 Å². The highest BCUT2D eigenvalue weighted by Crippen LogP contribution is 2.28. The number of benzene rings is 3. The average Bonchev–Trinajstić information content (AvgIpc) is 2.86. The van der Waals surface area contributed by atoms with Gasteiger partial charge >= 0.3 is 0 Å². The van der Waals surface area contributed by atoms with E-state index in [1.807, 2.05) is 41.0 Å². The summed E-state index contributed by atoms with van der Waals surface area (Å²) < 4.78 is 16.3. The number of hydrogen-bond donors (Lipinski definition) is 0. The van der Waals surface area contributed by atoms with Gasteiger partial charge in [0.05, 0.1) is 10.9 Å². The minimum atomic E-state index is -0.298. The summed E-state index contributed by atoms with van der Waals surface area (Å²) >= 11 is 0. The number of hydrogen-bond acceptors (Lipinski definition) is 3. The molecule has 0 N–H and O–H groups in total. The molecule has 5 heteroatoms. The SMILES string of the molecule is CCN1CCC[C@H](Cn2c(-c3ccccc3C)nc3ccc(-c4ccccc4F)cc3c2=O)C1. The fourth-order valence-corrected chi connectivity index (χ4v) is 5.13. The van der Waals surface area contributed by atoms with Crippen LogP contribution in [0, 0.1) is 18.7 Å². The molecule has 2 heterocycles. The molecule has 5 rings (SSSR count). The monoisotopic (exact) mass is 455 g/mol. The maximum atomic E-state index is 14.5. The highest BCUT2D eigenvalue weighted by molar-refractivity contribution is 5.85. The number of fused-ring (bicyclic) bond motifs is 1. The largest absolute Gasteiger partial charge is 0.303 e. The maximum absolute atomic E-state index is 14.5. The fraction of sp³-hybridized carbons (Fsp3) is 0.310. The Bertz CT molecular complexity index is 1390. The smallest absolute Gasteiger partial charge is 0.261 e. The minimum Gasteiger partial charge on any atom is -0.303 e. The molecule has 1 fully saturated rings. The van der Waals surface area contributed by atoms with Crippen molar-refractivity contribution in [2.75, 3.05) is 19.6 Å². The standard InChI is InChI=1S/C29H30FN3O/c1-3-32-16-8-10-21(18-32)19-33-28(23-11-5-4-9-20(23)2)31-27-15-14-22(17-25(27)29(33)34)24-12-6-7-13-26(24)30/h4-7,9,11-15,17,21H,3,8,10,16,18-19H2,1-2H3/t21-/m0/s1. The Hall–Kier alpha value is -3.31. The highest BCUT2D eigenvalue weighted by Gasteiger charge is 2.23. The Balaban J connectivity index is 1.68. The van der Waals surface area contributed by atoms with Gasteiger partial charge in [0.25, 0.3) is 5.56 Å². The quantitative estimate of drug-likeness (QED) is 0.375. The molecule has 34 heavy (non-hydrogen) atoms. The number of halogens is 1. The van der Waals surface area contributed by atoms with Gasteiger partial charge in [0, 0.05) is 24.2 Å². The second-order valence-corrected chi connectivity index (χ2v) is 9.28. The second-order valence-electron chi connectivity index (χ2n) is 9.28. The number of likely N-dealkylation sites (tertiary alicyclic amines) is 1. The lowest BCUT2D eigenvalue weighted by Crippen LogP contribution is -2.38. The number of nitrogens with zero attached hydrogens (tertiary/aromatic N) is 3. The molecular formula is C29H30FN3O. The van der Waals surface area contributed by atoms with Gasteiger partial charge in [0.2, 0.25) is 0 Å². The van der Waals surface area contributed by atoms with E-state index >= 15 is 0 Å². The lowest BCUT2D eigenvalue weighted by Gasteiger charge is -2.32. The molecule has 0 bridgehead atoms. The van der Waals surface area contributed by atoms with Crippen molar-refractivity contribution in [3.05, 3.63) is 88.5 Å². The van der Waals surface area contributed by atoms with E-state index in [1.54, 1.807) is 18.2 Å². The molecule has 1 aromatic heterocycles. The van der Waals surface area contributed by atoms with Gasteiger partial charge < -0.3 is 4.90 Å². The Morgan fingerprint density at radius 3 is 2.56 bits per heavy atom. The Morgan fingerprint density at radius 2 is 1.79 bits per heavy atom. The molecule has 3 aromatic carbocycles. The maximum Gasteiger partial charge on any atom is 0.261 e. The predicted molar refractivity (Wildman–Crippen MR) is 136 cm³/mol. The van der Waals surface area contributed by atoms with E-state index in [2.05, 4.69) is 24.8 Å². The summed E-state index contributed by atoms with van der Waals surface area (Å²) in [4.78, 5) is 21.4. The van der Waals surface area contributed by atoms with E-state index in [1.165, 1.54) is 6.07 Å². The van der Waals surface area contributed by atoms with Crippen LogP contribution in [-0.4, -0.2) is 34.1 Å². The first kappa shape index (κ1) is 22.5. The zero-order chi connectivity index (χ0) is 23.7. The zero-order valence-electron chi connectivity index (χ0n) is 19.8. The van der Waals surface area contributed by atoms with Crippen LogP contribution < -0.4 is 5.56 Å². The second kappa shape index (κ2) is 9.51. The molecular weight excluding hydrogens is 425 g/mol. The lowest BCUT2D eigenvalue weighted by atomic mass is 9.97. The Morgan fingerprint density at radius 1 is 1.03 bits per heavy atom. The van der Waals surface area contributed by atoms with Gasteiger partial charge in [-0.15, -0.1) is 0 Å². The van der Waals surface area contributed by atoms with Gasteiger partial charge in [-0.3, -0.25) is 9.36 Å². The molecule has 0 spiro atoms. The van der Waals surface area contributed by atoms with E-state index in [0.717, 1.165) is 43.6 Å². The first-order valence-corrected chi connectivity index (χ1v) is 12.1. The zero-order valence-corrected chi connectivity index (χ0v) is 19.8. The first-order valence-electron chi connectivity index (χ1n) is 12.1. The van der Waals surface area contributed by atoms with Crippen molar-refractivity contribution in [3.63, 3.8) is 0 Å². The van der Waals surface area contributed by atoms with Crippen LogP contribution in [0.2, 0.25) is 0 Å². The third-order valence-corrected chi connectivity index (χ3v) is 7.02. The van der Waals surface area contributed by atoms with E-state index < -0.39 is 0 Å². The van der Waals surface area contributed by atoms with Gasteiger partial charge in [-0.05, 0) is 68.1 Å². The number of piperidine rings is 1. The van der Waals surface area contributed by atoms with Crippen molar-refractivity contribution in [1.29, 1.82) is 0 Å². The van der Waals surface area contributed by atoms with E-state index in [9.17, 15) is 9.18 Å². The summed E-state index contributed by atoms with van der Waals surface area (Å²) in [5, 5.41) is 0.529. The van der Waals surface area contributed by atoms with Crippen LogP contribution in [0.4, 0.5) is 4.39 Å². The van der Waals surface area contributed by atoms with Gasteiger partial charge in [0.1, 0.15) is 11.6 Å². The van der Waals surface area contributed by atoms with Crippen molar-refractivity contribution < 1.29 is 4.39 Å². The summed E-state index contributed by atoms with van der Waals surface area (Å²) in [7, 11) is 0. The predicted octanol–water partition coefficient (Wildman–Crippen LogP) is 5.91. The van der Waals surface area contributed by atoms with Crippen molar-refractivity contribution in [2.24, 2.45) is 5.92 Å². The highest BCUT2D eigenvalue weighted by atomic mass is 19.1. The van der Waals surface area contributed by atoms with Crippen LogP contribution in [0.3, 0.4) is 0 Å². The number of aromatic nitrogens is 2. The van der Waals surface area contributed by atoms with Crippen LogP contribution in [0.5, 0.6) is 0 Å². The van der Waals surface area contributed by atoms with Crippen LogP contribution in [-0.2, 0) is 6.54 Å². The van der Waals surface area contributed by atoms with Crippen LogP contribution in [0.1, 0.15) is 25.3 Å². The third kappa shape index (κ3) is 4.28. The van der Waals surface area contributed by atoms with Crippen LogP contribution in [0.25, 0.3) is 33.4 Å². The summed E-state index contributed by atoms with van der Waals surface area (Å²) in [5.41, 5.74) is 3.82. The van der Waals surface area contributed by atoms with Gasteiger partial charge in [-0.2, -0.15) is 0 Å². The molecule has 1 atom stereocenters.